The molecule has 1 heterocycles. The van der Waals surface area contributed by atoms with Crippen molar-refractivity contribution in [2.24, 2.45) is 0 Å². The highest BCUT2D eigenvalue weighted by molar-refractivity contribution is 6.32. The Labute approximate surface area is 99.3 Å². The molecule has 0 aliphatic heterocycles. The highest BCUT2D eigenvalue weighted by Gasteiger charge is 2.34. The van der Waals surface area contributed by atoms with Crippen LogP contribution in [0.2, 0.25) is 5.15 Å². The summed E-state index contributed by atoms with van der Waals surface area (Å²) in [4.78, 5) is 14.9. The normalized spacial score (nSPS) is 11.1. The Kier molecular flexibility index (Phi) is 4.17. The first-order valence-electron chi connectivity index (χ1n) is 4.42. The van der Waals surface area contributed by atoms with Gasteiger partial charge in [-0.1, -0.05) is 11.6 Å². The molecule has 0 saturated heterocycles. The summed E-state index contributed by atoms with van der Waals surface area (Å²) in [7, 11) is 0. The van der Waals surface area contributed by atoms with Crippen molar-refractivity contribution >= 4 is 17.6 Å². The van der Waals surface area contributed by atoms with Gasteiger partial charge in [0.2, 0.25) is 0 Å². The van der Waals surface area contributed by atoms with E-state index in [1.165, 1.54) is 6.92 Å². The highest BCUT2D eigenvalue weighted by atomic mass is 35.5. The summed E-state index contributed by atoms with van der Waals surface area (Å²) in [6.45, 7) is 1.50. The average Bonchev–Trinajstić information content (AvgIpc) is 2.15. The molecule has 0 amide bonds. The second kappa shape index (κ2) is 5.22. The zero-order valence-corrected chi connectivity index (χ0v) is 9.30. The predicted molar refractivity (Wildman–Crippen MR) is 51.9 cm³/mol. The number of ether oxygens (including phenoxy) is 2. The Morgan fingerprint density at radius 3 is 2.71 bits per heavy atom. The minimum atomic E-state index is -4.92. The van der Waals surface area contributed by atoms with Crippen LogP contribution in [-0.2, 0) is 4.74 Å². The maximum absolute atomic E-state index is 12.1. The Morgan fingerprint density at radius 2 is 2.18 bits per heavy atom. The van der Waals surface area contributed by atoms with Crippen molar-refractivity contribution in [3.8, 4) is 5.75 Å². The number of alkyl halides is 3. The third-order valence-electron chi connectivity index (χ3n) is 1.57. The molecule has 1 rings (SSSR count). The largest absolute Gasteiger partial charge is 0.573 e. The second-order valence-corrected chi connectivity index (χ2v) is 3.10. The van der Waals surface area contributed by atoms with Crippen LogP contribution in [0, 0.1) is 0 Å². The number of hydrogen-bond acceptors (Lipinski definition) is 4. The van der Waals surface area contributed by atoms with Crippen LogP contribution in [0.1, 0.15) is 17.3 Å². The number of halogens is 4. The zero-order chi connectivity index (χ0) is 13.1. The quantitative estimate of drug-likeness (QED) is 0.625. The monoisotopic (exact) mass is 269 g/mol. The Morgan fingerprint density at radius 1 is 1.53 bits per heavy atom. The van der Waals surface area contributed by atoms with Crippen molar-refractivity contribution in [2.75, 3.05) is 6.61 Å². The Balaban J connectivity index is 3.13. The molecule has 0 aliphatic rings. The van der Waals surface area contributed by atoms with E-state index in [4.69, 9.17) is 11.6 Å². The smallest absolute Gasteiger partial charge is 0.462 e. The molecule has 1 aromatic rings. The fourth-order valence-electron chi connectivity index (χ4n) is 1.02. The maximum Gasteiger partial charge on any atom is 0.573 e. The minimum absolute atomic E-state index is 0.00445. The molecule has 0 aliphatic carbocycles. The van der Waals surface area contributed by atoms with Gasteiger partial charge in [-0.05, 0) is 13.0 Å². The molecule has 94 valence electrons. The van der Waals surface area contributed by atoms with Gasteiger partial charge in [-0.25, -0.2) is 9.78 Å². The van der Waals surface area contributed by atoms with Gasteiger partial charge in [0.25, 0.3) is 0 Å². The second-order valence-electron chi connectivity index (χ2n) is 2.74. The summed E-state index contributed by atoms with van der Waals surface area (Å²) >= 11 is 5.53. The summed E-state index contributed by atoms with van der Waals surface area (Å²) in [6, 6.07) is 0.881. The summed E-state index contributed by atoms with van der Waals surface area (Å²) in [5.41, 5.74) is -0.548. The predicted octanol–water partition coefficient (Wildman–Crippen LogP) is 2.81. The molecule has 0 spiro atoms. The molecule has 0 aromatic carbocycles. The van der Waals surface area contributed by atoms with Crippen LogP contribution in [0.5, 0.6) is 5.75 Å². The van der Waals surface area contributed by atoms with Gasteiger partial charge >= 0.3 is 12.3 Å². The number of carbonyl (C=O) groups is 1. The molecule has 8 heteroatoms. The lowest BCUT2D eigenvalue weighted by Crippen LogP contribution is -2.20. The maximum atomic E-state index is 12.1. The third kappa shape index (κ3) is 3.77. The van der Waals surface area contributed by atoms with Gasteiger partial charge in [0, 0.05) is 6.20 Å². The van der Waals surface area contributed by atoms with E-state index < -0.39 is 28.8 Å². The van der Waals surface area contributed by atoms with Gasteiger partial charge in [-0.15, -0.1) is 13.2 Å². The SMILES string of the molecule is CCOC(=O)c1c(OC(F)(F)F)ccnc1Cl. The van der Waals surface area contributed by atoms with Crippen LogP contribution in [0.4, 0.5) is 13.2 Å². The van der Waals surface area contributed by atoms with Crippen LogP contribution in [0.15, 0.2) is 12.3 Å². The average molecular weight is 270 g/mol. The molecular formula is C9H7ClF3NO3. The van der Waals surface area contributed by atoms with Crippen molar-refractivity contribution in [3.05, 3.63) is 23.0 Å². The third-order valence-corrected chi connectivity index (χ3v) is 1.86. The molecular weight excluding hydrogens is 263 g/mol. The van der Waals surface area contributed by atoms with Crippen LogP contribution < -0.4 is 4.74 Å². The van der Waals surface area contributed by atoms with Gasteiger partial charge in [0.05, 0.1) is 6.61 Å². The van der Waals surface area contributed by atoms with Gasteiger partial charge in [0.1, 0.15) is 16.5 Å². The van der Waals surface area contributed by atoms with Crippen LogP contribution in [-0.4, -0.2) is 23.9 Å². The van der Waals surface area contributed by atoms with E-state index in [-0.39, 0.29) is 6.61 Å². The van der Waals surface area contributed by atoms with E-state index in [9.17, 15) is 18.0 Å². The number of hydrogen-bond donors (Lipinski definition) is 0. The van der Waals surface area contributed by atoms with E-state index in [2.05, 4.69) is 14.5 Å². The van der Waals surface area contributed by atoms with E-state index >= 15 is 0 Å². The summed E-state index contributed by atoms with van der Waals surface area (Å²) < 4.78 is 44.4. The number of rotatable bonds is 3. The Hall–Kier alpha value is -1.50. The van der Waals surface area contributed by atoms with E-state index in [1.54, 1.807) is 0 Å². The number of pyridine rings is 1. The lowest BCUT2D eigenvalue weighted by atomic mass is 10.2. The standard InChI is InChI=1S/C9H7ClF3NO3/c1-2-16-8(15)6-5(17-9(11,12)13)3-4-14-7(6)10/h3-4H,2H2,1H3. The summed E-state index contributed by atoms with van der Waals surface area (Å²) in [5.74, 6) is -1.76. The molecule has 0 saturated carbocycles. The fourth-order valence-corrected chi connectivity index (χ4v) is 1.24. The van der Waals surface area contributed by atoms with Gasteiger partial charge in [-0.3, -0.25) is 0 Å². The van der Waals surface area contributed by atoms with Crippen LogP contribution in [0.3, 0.4) is 0 Å². The van der Waals surface area contributed by atoms with Crippen molar-refractivity contribution in [1.29, 1.82) is 0 Å². The molecule has 0 N–H and O–H groups in total. The van der Waals surface area contributed by atoms with E-state index in [0.717, 1.165) is 12.3 Å². The summed E-state index contributed by atoms with van der Waals surface area (Å²) in [5, 5.41) is -0.412. The van der Waals surface area contributed by atoms with Crippen molar-refractivity contribution in [3.63, 3.8) is 0 Å². The summed E-state index contributed by atoms with van der Waals surface area (Å²) in [6.07, 6.45) is -3.93. The van der Waals surface area contributed by atoms with Gasteiger partial charge in [0.15, 0.2) is 0 Å². The van der Waals surface area contributed by atoms with Gasteiger partial charge < -0.3 is 9.47 Å². The first-order valence-corrected chi connectivity index (χ1v) is 4.80. The molecule has 0 radical (unpaired) electrons. The minimum Gasteiger partial charge on any atom is -0.462 e. The number of carbonyl (C=O) groups excluding carboxylic acids is 1. The first-order chi connectivity index (χ1) is 7.85. The van der Waals surface area contributed by atoms with Crippen molar-refractivity contribution < 1.29 is 27.4 Å². The van der Waals surface area contributed by atoms with Crippen LogP contribution >= 0.6 is 11.6 Å². The van der Waals surface area contributed by atoms with Crippen molar-refractivity contribution in [1.82, 2.24) is 4.98 Å². The first kappa shape index (κ1) is 13.6. The number of esters is 1. The Bertz CT molecular complexity index is 422. The van der Waals surface area contributed by atoms with E-state index in [0.29, 0.717) is 0 Å². The fraction of sp³-hybridized carbons (Fsp3) is 0.333. The van der Waals surface area contributed by atoms with E-state index in [1.807, 2.05) is 0 Å². The lowest BCUT2D eigenvalue weighted by molar-refractivity contribution is -0.274. The van der Waals surface area contributed by atoms with Crippen molar-refractivity contribution in [2.45, 2.75) is 13.3 Å². The molecule has 17 heavy (non-hydrogen) atoms. The molecule has 0 atom stereocenters. The highest BCUT2D eigenvalue weighted by Crippen LogP contribution is 2.30. The molecule has 0 bridgehead atoms. The zero-order valence-electron chi connectivity index (χ0n) is 8.55. The number of nitrogens with zero attached hydrogens (tertiary/aromatic N) is 1. The lowest BCUT2D eigenvalue weighted by Gasteiger charge is -2.12. The molecule has 4 nitrogen and oxygen atoms in total. The topological polar surface area (TPSA) is 48.4 Å². The molecule has 1 aromatic heterocycles. The number of aromatic nitrogens is 1. The van der Waals surface area contributed by atoms with Crippen LogP contribution in [0.25, 0.3) is 0 Å². The molecule has 0 fully saturated rings. The molecule has 0 unspecified atom stereocenters. The van der Waals surface area contributed by atoms with Gasteiger partial charge in [-0.2, -0.15) is 0 Å².